The van der Waals surface area contributed by atoms with Crippen LogP contribution in [0.4, 0.5) is 4.39 Å². The molecular formula is C20H14FN3. The van der Waals surface area contributed by atoms with Gasteiger partial charge in [-0.3, -0.25) is 0 Å². The summed E-state index contributed by atoms with van der Waals surface area (Å²) in [7, 11) is 0. The van der Waals surface area contributed by atoms with Crippen LogP contribution >= 0.6 is 0 Å². The van der Waals surface area contributed by atoms with Gasteiger partial charge in [-0.05, 0) is 40.5 Å². The number of imidazole rings is 1. The Labute approximate surface area is 138 Å². The summed E-state index contributed by atoms with van der Waals surface area (Å²) in [5.74, 6) is 0.458. The van der Waals surface area contributed by atoms with E-state index in [1.165, 1.54) is 12.1 Å². The number of hydrogen-bond acceptors (Lipinski definition) is 2. The minimum absolute atomic E-state index is 0.127. The maximum absolute atomic E-state index is 13.5. The fourth-order valence-corrected chi connectivity index (χ4v) is 3.60. The molecule has 0 radical (unpaired) electrons. The maximum atomic E-state index is 13.5. The van der Waals surface area contributed by atoms with Gasteiger partial charge in [0.15, 0.2) is 0 Å². The largest absolute Gasteiger partial charge is 0.338 e. The zero-order valence-corrected chi connectivity index (χ0v) is 12.8. The third-order valence-electron chi connectivity index (χ3n) is 4.70. The van der Waals surface area contributed by atoms with Gasteiger partial charge in [-0.25, -0.2) is 9.37 Å². The number of aromatic nitrogens is 2. The van der Waals surface area contributed by atoms with Gasteiger partial charge in [0.2, 0.25) is 0 Å². The Balaban J connectivity index is 1.79. The van der Waals surface area contributed by atoms with E-state index in [0.29, 0.717) is 5.52 Å². The highest BCUT2D eigenvalue weighted by Crippen LogP contribution is 2.46. The van der Waals surface area contributed by atoms with E-state index in [1.54, 1.807) is 6.07 Å². The predicted octanol–water partition coefficient (Wildman–Crippen LogP) is 4.40. The molecule has 1 aromatic heterocycles. The summed E-state index contributed by atoms with van der Waals surface area (Å²) in [6.07, 6.45) is 0. The number of nitrogens with two attached hydrogens (primary N) is 1. The molecule has 4 aromatic rings. The predicted molar refractivity (Wildman–Crippen MR) is 93.0 cm³/mol. The SMILES string of the molecule is N[C@@H]1c2ccccc2-c2c(-c3nc4ccc(F)cc4[nH]3)cccc21. The average molecular weight is 315 g/mol. The van der Waals surface area contributed by atoms with Crippen LogP contribution in [0.2, 0.25) is 0 Å². The Bertz CT molecular complexity index is 1100. The lowest BCUT2D eigenvalue weighted by Crippen LogP contribution is -2.07. The minimum Gasteiger partial charge on any atom is -0.338 e. The van der Waals surface area contributed by atoms with Gasteiger partial charge in [0.25, 0.3) is 0 Å². The third kappa shape index (κ3) is 1.77. The number of halogens is 1. The van der Waals surface area contributed by atoms with Crippen LogP contribution in [0.1, 0.15) is 17.2 Å². The van der Waals surface area contributed by atoms with E-state index in [4.69, 9.17) is 5.73 Å². The fourth-order valence-electron chi connectivity index (χ4n) is 3.60. The van der Waals surface area contributed by atoms with Gasteiger partial charge in [-0.1, -0.05) is 42.5 Å². The lowest BCUT2D eigenvalue weighted by atomic mass is 9.99. The van der Waals surface area contributed by atoms with Crippen LogP contribution < -0.4 is 5.73 Å². The van der Waals surface area contributed by atoms with Gasteiger partial charge in [-0.15, -0.1) is 0 Å². The maximum Gasteiger partial charge on any atom is 0.139 e. The van der Waals surface area contributed by atoms with Crippen molar-refractivity contribution in [1.82, 2.24) is 9.97 Å². The number of nitrogens with zero attached hydrogens (tertiary/aromatic N) is 1. The average Bonchev–Trinajstić information content (AvgIpc) is 3.15. The lowest BCUT2D eigenvalue weighted by molar-refractivity contribution is 0.629. The Hall–Kier alpha value is -2.98. The number of benzene rings is 3. The van der Waals surface area contributed by atoms with E-state index in [0.717, 1.165) is 39.2 Å². The van der Waals surface area contributed by atoms with E-state index in [1.807, 2.05) is 24.3 Å². The van der Waals surface area contributed by atoms with Crippen molar-refractivity contribution < 1.29 is 4.39 Å². The van der Waals surface area contributed by atoms with Crippen molar-refractivity contribution in [3.05, 3.63) is 77.6 Å². The van der Waals surface area contributed by atoms with Crippen molar-refractivity contribution in [2.75, 3.05) is 0 Å². The third-order valence-corrected chi connectivity index (χ3v) is 4.70. The number of nitrogens with one attached hydrogen (secondary N) is 1. The van der Waals surface area contributed by atoms with E-state index in [2.05, 4.69) is 28.2 Å². The highest BCUT2D eigenvalue weighted by Gasteiger charge is 2.28. The van der Waals surface area contributed by atoms with E-state index in [9.17, 15) is 4.39 Å². The first kappa shape index (κ1) is 13.5. The second kappa shape index (κ2) is 4.76. The second-order valence-corrected chi connectivity index (χ2v) is 6.08. The number of hydrogen-bond donors (Lipinski definition) is 2. The lowest BCUT2D eigenvalue weighted by Gasteiger charge is -2.08. The molecule has 4 heteroatoms. The Morgan fingerprint density at radius 1 is 0.917 bits per heavy atom. The summed E-state index contributed by atoms with van der Waals surface area (Å²) >= 11 is 0. The normalized spacial score (nSPS) is 15.5. The van der Waals surface area contributed by atoms with Gasteiger partial charge in [0.05, 0.1) is 17.1 Å². The zero-order chi connectivity index (χ0) is 16.3. The van der Waals surface area contributed by atoms with Gasteiger partial charge < -0.3 is 10.7 Å². The van der Waals surface area contributed by atoms with Crippen molar-refractivity contribution in [2.24, 2.45) is 5.73 Å². The first-order valence-electron chi connectivity index (χ1n) is 7.86. The molecule has 0 aliphatic heterocycles. The molecule has 116 valence electrons. The molecule has 5 rings (SSSR count). The minimum atomic E-state index is -0.275. The number of fused-ring (bicyclic) bond motifs is 4. The molecule has 3 N–H and O–H groups in total. The van der Waals surface area contributed by atoms with Crippen molar-refractivity contribution in [3.8, 4) is 22.5 Å². The Morgan fingerprint density at radius 2 is 1.71 bits per heavy atom. The van der Waals surface area contributed by atoms with Crippen molar-refractivity contribution in [2.45, 2.75) is 6.04 Å². The molecule has 0 saturated heterocycles. The van der Waals surface area contributed by atoms with Crippen LogP contribution in [0.5, 0.6) is 0 Å². The molecule has 1 aliphatic carbocycles. The van der Waals surface area contributed by atoms with Crippen LogP contribution in [-0.2, 0) is 0 Å². The monoisotopic (exact) mass is 315 g/mol. The highest BCUT2D eigenvalue weighted by atomic mass is 19.1. The molecule has 3 aromatic carbocycles. The molecule has 0 amide bonds. The van der Waals surface area contributed by atoms with Crippen molar-refractivity contribution >= 4 is 11.0 Å². The molecule has 0 unspecified atom stereocenters. The smallest absolute Gasteiger partial charge is 0.139 e. The number of H-pyrrole nitrogens is 1. The summed E-state index contributed by atoms with van der Waals surface area (Å²) in [4.78, 5) is 7.87. The summed E-state index contributed by atoms with van der Waals surface area (Å²) in [6.45, 7) is 0. The molecule has 1 aliphatic rings. The van der Waals surface area contributed by atoms with E-state index < -0.39 is 0 Å². The first-order chi connectivity index (χ1) is 11.7. The molecule has 1 heterocycles. The highest BCUT2D eigenvalue weighted by molar-refractivity contribution is 5.91. The molecule has 24 heavy (non-hydrogen) atoms. The number of aromatic amines is 1. The molecule has 1 atom stereocenters. The van der Waals surface area contributed by atoms with Crippen LogP contribution in [0.3, 0.4) is 0 Å². The zero-order valence-electron chi connectivity index (χ0n) is 12.8. The first-order valence-corrected chi connectivity index (χ1v) is 7.86. The van der Waals surface area contributed by atoms with Crippen molar-refractivity contribution in [1.29, 1.82) is 0 Å². The van der Waals surface area contributed by atoms with Crippen LogP contribution in [0.15, 0.2) is 60.7 Å². The topological polar surface area (TPSA) is 54.7 Å². The van der Waals surface area contributed by atoms with Gasteiger partial charge in [0, 0.05) is 5.56 Å². The van der Waals surface area contributed by atoms with Crippen molar-refractivity contribution in [3.63, 3.8) is 0 Å². The fraction of sp³-hybridized carbons (Fsp3) is 0.0500. The Kier molecular flexibility index (Phi) is 2.67. The summed E-state index contributed by atoms with van der Waals surface area (Å²) in [6, 6.07) is 18.7. The summed E-state index contributed by atoms with van der Waals surface area (Å²) < 4.78 is 13.5. The van der Waals surface area contributed by atoms with Crippen LogP contribution in [0, 0.1) is 5.82 Å². The van der Waals surface area contributed by atoms with Crippen LogP contribution in [0.25, 0.3) is 33.5 Å². The molecule has 0 saturated carbocycles. The standard InChI is InChI=1S/C20H14FN3/c21-11-8-9-16-17(10-11)24-20(23-16)15-7-3-6-14-18(15)12-4-1-2-5-13(12)19(14)22/h1-10,19H,22H2,(H,23,24)/t19-/m1/s1. The molecule has 0 bridgehead atoms. The van der Waals surface area contributed by atoms with E-state index >= 15 is 0 Å². The summed E-state index contributed by atoms with van der Waals surface area (Å²) in [5, 5.41) is 0. The van der Waals surface area contributed by atoms with Gasteiger partial charge in [0.1, 0.15) is 11.6 Å². The molecule has 3 nitrogen and oxygen atoms in total. The van der Waals surface area contributed by atoms with Gasteiger partial charge in [-0.2, -0.15) is 0 Å². The quantitative estimate of drug-likeness (QED) is 0.547. The summed E-state index contributed by atoms with van der Waals surface area (Å²) in [5.41, 5.74) is 13.3. The van der Waals surface area contributed by atoms with Crippen LogP contribution in [-0.4, -0.2) is 9.97 Å². The molecular weight excluding hydrogens is 301 g/mol. The van der Waals surface area contributed by atoms with E-state index in [-0.39, 0.29) is 11.9 Å². The Morgan fingerprint density at radius 3 is 2.62 bits per heavy atom. The number of rotatable bonds is 1. The second-order valence-electron chi connectivity index (χ2n) is 6.08. The van der Waals surface area contributed by atoms with Gasteiger partial charge >= 0.3 is 0 Å². The molecule has 0 spiro atoms. The molecule has 0 fully saturated rings.